The molecule has 0 saturated heterocycles. The minimum atomic E-state index is -3.96. The Balaban J connectivity index is 1.67. The van der Waals surface area contributed by atoms with Gasteiger partial charge in [-0.3, -0.25) is 14.8 Å². The van der Waals surface area contributed by atoms with Crippen LogP contribution in [0.2, 0.25) is 0 Å². The highest BCUT2D eigenvalue weighted by Crippen LogP contribution is 2.21. The second-order valence-corrected chi connectivity index (χ2v) is 9.25. The number of hydrogen-bond donors (Lipinski definition) is 3. The molecular weight excluding hydrogens is 534 g/mol. The third kappa shape index (κ3) is 6.37. The molecule has 33 heavy (non-hydrogen) atoms. The van der Waals surface area contributed by atoms with Gasteiger partial charge in [-0.2, -0.15) is 9.97 Å². The number of sulfonamides is 1. The molecule has 13 heteroatoms. The first-order valence-electron chi connectivity index (χ1n) is 9.18. The molecule has 0 unspecified atom stereocenters. The van der Waals surface area contributed by atoms with E-state index in [9.17, 15) is 13.2 Å². The zero-order valence-electron chi connectivity index (χ0n) is 17.3. The van der Waals surface area contributed by atoms with Gasteiger partial charge in [0.05, 0.1) is 24.7 Å². The van der Waals surface area contributed by atoms with Gasteiger partial charge in [0, 0.05) is 16.2 Å². The van der Waals surface area contributed by atoms with E-state index in [1.54, 1.807) is 24.3 Å². The first-order valence-corrected chi connectivity index (χ1v) is 11.9. The highest BCUT2D eigenvalue weighted by atomic mass is 79.9. The Labute approximate surface area is 203 Å². The fourth-order valence-electron chi connectivity index (χ4n) is 2.54. The van der Waals surface area contributed by atoms with Crippen LogP contribution >= 0.6 is 28.1 Å². The van der Waals surface area contributed by atoms with Crippen LogP contribution in [0.1, 0.15) is 10.4 Å². The number of hydrogen-bond acceptors (Lipinski definition) is 8. The van der Waals surface area contributed by atoms with Crippen molar-refractivity contribution in [1.29, 1.82) is 0 Å². The first-order chi connectivity index (χ1) is 15.7. The van der Waals surface area contributed by atoms with E-state index in [2.05, 4.69) is 41.3 Å². The number of halogens is 1. The molecular formula is C20H18BrN5O5S2. The summed E-state index contributed by atoms with van der Waals surface area (Å²) in [4.78, 5) is 20.2. The zero-order chi connectivity index (χ0) is 24.0. The van der Waals surface area contributed by atoms with Crippen molar-refractivity contribution in [3.05, 3.63) is 64.6 Å². The van der Waals surface area contributed by atoms with Crippen LogP contribution in [0.15, 0.2) is 64.0 Å². The van der Waals surface area contributed by atoms with E-state index in [1.807, 2.05) is 0 Å². The number of ether oxygens (including phenoxy) is 2. The predicted octanol–water partition coefficient (Wildman–Crippen LogP) is 3.18. The van der Waals surface area contributed by atoms with Crippen molar-refractivity contribution in [3.63, 3.8) is 0 Å². The molecule has 172 valence electrons. The van der Waals surface area contributed by atoms with Crippen LogP contribution in [0.5, 0.6) is 11.9 Å². The maximum absolute atomic E-state index is 12.7. The lowest BCUT2D eigenvalue weighted by Gasteiger charge is -2.12. The smallest absolute Gasteiger partial charge is 0.321 e. The molecule has 1 aromatic heterocycles. The molecule has 0 atom stereocenters. The molecule has 0 saturated carbocycles. The molecule has 2 aromatic carbocycles. The number of carbonyl (C=O) groups excluding carboxylic acids is 1. The summed E-state index contributed by atoms with van der Waals surface area (Å²) < 4.78 is 38.3. The number of benzene rings is 2. The standard InChI is InChI=1S/C20H18BrN5O5S2/c1-30-17-11-16(23-19(24-17)31-2)26-33(28,29)13-9-7-12(8-10-13)22-20(32)25-18(27)14-5-3-4-6-15(14)21/h3-11H,1-2H3,(H,23,24,26)(H2,22,25,27,32). The molecule has 10 nitrogen and oxygen atoms in total. The summed E-state index contributed by atoms with van der Waals surface area (Å²) in [5.41, 5.74) is 0.906. The number of nitrogens with zero attached hydrogens (tertiary/aromatic N) is 2. The van der Waals surface area contributed by atoms with E-state index in [0.717, 1.165) is 0 Å². The lowest BCUT2D eigenvalue weighted by atomic mass is 10.2. The van der Waals surface area contributed by atoms with Crippen LogP contribution < -0.4 is 24.8 Å². The molecule has 0 aliphatic heterocycles. The summed E-state index contributed by atoms with van der Waals surface area (Å²) in [5.74, 6) is -0.270. The third-order valence-electron chi connectivity index (χ3n) is 4.08. The van der Waals surface area contributed by atoms with E-state index < -0.39 is 10.0 Å². The number of carbonyl (C=O) groups is 1. The molecule has 0 aliphatic carbocycles. The first kappa shape index (κ1) is 24.4. The number of rotatable bonds is 7. The molecule has 3 rings (SSSR count). The number of methoxy groups -OCH3 is 2. The second kappa shape index (κ2) is 10.6. The lowest BCUT2D eigenvalue weighted by molar-refractivity contribution is 0.0977. The minimum Gasteiger partial charge on any atom is -0.481 e. The average molecular weight is 552 g/mol. The van der Waals surface area contributed by atoms with Crippen molar-refractivity contribution in [2.75, 3.05) is 24.3 Å². The van der Waals surface area contributed by atoms with E-state index in [1.165, 1.54) is 44.6 Å². The van der Waals surface area contributed by atoms with Crippen molar-refractivity contribution < 1.29 is 22.7 Å². The van der Waals surface area contributed by atoms with E-state index in [4.69, 9.17) is 21.7 Å². The van der Waals surface area contributed by atoms with E-state index >= 15 is 0 Å². The number of thiocarbonyl (C=S) groups is 1. The van der Waals surface area contributed by atoms with Crippen LogP contribution in [-0.2, 0) is 10.0 Å². The molecule has 3 aromatic rings. The predicted molar refractivity (Wildman–Crippen MR) is 130 cm³/mol. The Hall–Kier alpha value is -3.29. The molecule has 0 fully saturated rings. The number of amides is 1. The Kier molecular flexibility index (Phi) is 7.79. The van der Waals surface area contributed by atoms with Gasteiger partial charge in [-0.15, -0.1) is 0 Å². The van der Waals surface area contributed by atoms with Crippen molar-refractivity contribution in [1.82, 2.24) is 15.3 Å². The van der Waals surface area contributed by atoms with Crippen molar-refractivity contribution >= 4 is 60.7 Å². The minimum absolute atomic E-state index is 0.0168. The summed E-state index contributed by atoms with van der Waals surface area (Å²) in [7, 11) is -1.22. The Morgan fingerprint density at radius 2 is 1.73 bits per heavy atom. The van der Waals surface area contributed by atoms with Crippen molar-refractivity contribution in [2.45, 2.75) is 4.90 Å². The Morgan fingerprint density at radius 1 is 1.03 bits per heavy atom. The van der Waals surface area contributed by atoms with Gasteiger partial charge < -0.3 is 14.8 Å². The zero-order valence-corrected chi connectivity index (χ0v) is 20.5. The quantitative estimate of drug-likeness (QED) is 0.378. The molecule has 3 N–H and O–H groups in total. The summed E-state index contributed by atoms with van der Waals surface area (Å²) in [6.07, 6.45) is 0. The molecule has 1 amide bonds. The molecule has 0 bridgehead atoms. The molecule has 0 aliphatic rings. The monoisotopic (exact) mass is 551 g/mol. The molecule has 1 heterocycles. The average Bonchev–Trinajstić information content (AvgIpc) is 2.79. The summed E-state index contributed by atoms with van der Waals surface area (Å²) in [6.45, 7) is 0. The maximum atomic E-state index is 12.7. The number of nitrogens with one attached hydrogen (secondary N) is 3. The van der Waals surface area contributed by atoms with Gasteiger partial charge in [-0.25, -0.2) is 8.42 Å². The SMILES string of the molecule is COc1cc(NS(=O)(=O)c2ccc(NC(=S)NC(=O)c3ccccc3Br)cc2)nc(OC)n1. The normalized spacial score (nSPS) is 10.8. The highest BCUT2D eigenvalue weighted by molar-refractivity contribution is 9.10. The van der Waals surface area contributed by atoms with E-state index in [-0.39, 0.29) is 33.6 Å². The highest BCUT2D eigenvalue weighted by Gasteiger charge is 2.17. The third-order valence-corrected chi connectivity index (χ3v) is 6.35. The molecule has 0 radical (unpaired) electrons. The van der Waals surface area contributed by atoms with Gasteiger partial charge in [0.15, 0.2) is 10.9 Å². The molecule has 0 spiro atoms. The van der Waals surface area contributed by atoms with E-state index in [0.29, 0.717) is 15.7 Å². The van der Waals surface area contributed by atoms with Crippen LogP contribution in [0.4, 0.5) is 11.5 Å². The second-order valence-electron chi connectivity index (χ2n) is 6.30. The van der Waals surface area contributed by atoms with Gasteiger partial charge >= 0.3 is 6.01 Å². The van der Waals surface area contributed by atoms with Gasteiger partial charge in [-0.1, -0.05) is 12.1 Å². The van der Waals surface area contributed by atoms with Gasteiger partial charge in [0.2, 0.25) is 5.88 Å². The fraction of sp³-hybridized carbons (Fsp3) is 0.100. The number of anilines is 2. The van der Waals surface area contributed by atoms with Crippen LogP contribution in [0.3, 0.4) is 0 Å². The van der Waals surface area contributed by atoms with Crippen molar-refractivity contribution in [2.24, 2.45) is 0 Å². The Morgan fingerprint density at radius 3 is 2.36 bits per heavy atom. The van der Waals surface area contributed by atoms with Gasteiger partial charge in [-0.05, 0) is 64.5 Å². The topological polar surface area (TPSA) is 132 Å². The summed E-state index contributed by atoms with van der Waals surface area (Å²) in [5, 5.41) is 5.46. The van der Waals surface area contributed by atoms with Crippen LogP contribution in [-0.4, -0.2) is 43.6 Å². The maximum Gasteiger partial charge on any atom is 0.321 e. The fourth-order valence-corrected chi connectivity index (χ4v) is 4.21. The summed E-state index contributed by atoms with van der Waals surface area (Å²) in [6, 6.07) is 13.9. The lowest BCUT2D eigenvalue weighted by Crippen LogP contribution is -2.34. The van der Waals surface area contributed by atoms with Crippen molar-refractivity contribution in [3.8, 4) is 11.9 Å². The van der Waals surface area contributed by atoms with Gasteiger partial charge in [0.25, 0.3) is 15.9 Å². The van der Waals surface area contributed by atoms with Crippen LogP contribution in [0, 0.1) is 0 Å². The Bertz CT molecular complexity index is 1260. The van der Waals surface area contributed by atoms with Gasteiger partial charge in [0.1, 0.15) is 0 Å². The summed E-state index contributed by atoms with van der Waals surface area (Å²) >= 11 is 8.48. The largest absolute Gasteiger partial charge is 0.481 e. The van der Waals surface area contributed by atoms with Crippen LogP contribution in [0.25, 0.3) is 0 Å². The number of aromatic nitrogens is 2.